The van der Waals surface area contributed by atoms with Crippen LogP contribution in [-0.2, 0) is 17.6 Å². The highest BCUT2D eigenvalue weighted by Crippen LogP contribution is 2.30. The number of unbranched alkanes of at least 4 members (excludes halogenated alkanes) is 1. The van der Waals surface area contributed by atoms with E-state index in [9.17, 15) is 5.11 Å². The van der Waals surface area contributed by atoms with Crippen molar-refractivity contribution in [2.75, 3.05) is 26.4 Å². The van der Waals surface area contributed by atoms with Crippen molar-refractivity contribution in [3.8, 4) is 0 Å². The summed E-state index contributed by atoms with van der Waals surface area (Å²) in [5.41, 5.74) is 9.70. The zero-order chi connectivity index (χ0) is 19.7. The topological polar surface area (TPSA) is 75.7 Å². The van der Waals surface area contributed by atoms with Gasteiger partial charge in [-0.1, -0.05) is 24.6 Å². The Hall–Kier alpha value is -0.940. The summed E-state index contributed by atoms with van der Waals surface area (Å²) < 4.78 is 5.87. The normalized spacial score (nSPS) is 18.3. The number of benzene rings is 1. The number of aryl methyl sites for hydroxylation is 1. The van der Waals surface area contributed by atoms with Gasteiger partial charge in [0.05, 0.1) is 5.60 Å². The molecule has 154 valence electrons. The molecule has 2 rings (SSSR count). The van der Waals surface area contributed by atoms with Gasteiger partial charge in [-0.15, -0.1) is 0 Å². The number of fused-ring (bicyclic) bond motifs is 1. The first-order valence-corrected chi connectivity index (χ1v) is 10.7. The van der Waals surface area contributed by atoms with E-state index in [2.05, 4.69) is 18.2 Å². The van der Waals surface area contributed by atoms with Crippen molar-refractivity contribution in [3.63, 3.8) is 0 Å². The minimum absolute atomic E-state index is 0.267. The Kier molecular flexibility index (Phi) is 9.24. The Labute approximate surface area is 165 Å². The lowest BCUT2D eigenvalue weighted by atomic mass is 9.81. The van der Waals surface area contributed by atoms with Gasteiger partial charge in [-0.2, -0.15) is 0 Å². The van der Waals surface area contributed by atoms with Crippen LogP contribution in [0.5, 0.6) is 0 Å². The molecule has 1 aliphatic carbocycles. The van der Waals surface area contributed by atoms with E-state index in [0.29, 0.717) is 18.4 Å². The predicted octanol–water partition coefficient (Wildman–Crippen LogP) is 3.56. The van der Waals surface area contributed by atoms with E-state index in [-0.39, 0.29) is 6.61 Å². The Morgan fingerprint density at radius 1 is 1.22 bits per heavy atom. The molecule has 0 aliphatic heterocycles. The SMILES string of the molecule is CC(C)(O)CCCOC[C@@H]1CCc2cc([C@H](CN)CCCCO)ccc2C1. The third kappa shape index (κ3) is 7.90. The van der Waals surface area contributed by atoms with E-state index in [1.54, 1.807) is 0 Å². The number of nitrogens with two attached hydrogens (primary N) is 1. The molecule has 0 fully saturated rings. The highest BCUT2D eigenvalue weighted by atomic mass is 16.5. The van der Waals surface area contributed by atoms with Gasteiger partial charge in [-0.05, 0) is 93.9 Å². The molecule has 1 aromatic carbocycles. The van der Waals surface area contributed by atoms with Gasteiger partial charge >= 0.3 is 0 Å². The molecule has 0 radical (unpaired) electrons. The Morgan fingerprint density at radius 3 is 2.74 bits per heavy atom. The minimum Gasteiger partial charge on any atom is -0.396 e. The molecule has 0 heterocycles. The largest absolute Gasteiger partial charge is 0.396 e. The van der Waals surface area contributed by atoms with Crippen molar-refractivity contribution in [1.82, 2.24) is 0 Å². The van der Waals surface area contributed by atoms with Crippen LogP contribution in [0.1, 0.15) is 75.0 Å². The maximum absolute atomic E-state index is 9.74. The van der Waals surface area contributed by atoms with Crippen molar-refractivity contribution in [1.29, 1.82) is 0 Å². The van der Waals surface area contributed by atoms with Gasteiger partial charge in [0.25, 0.3) is 0 Å². The molecule has 1 aliphatic rings. The van der Waals surface area contributed by atoms with Crippen molar-refractivity contribution in [3.05, 3.63) is 34.9 Å². The number of aliphatic hydroxyl groups is 2. The van der Waals surface area contributed by atoms with Crippen LogP contribution in [0.25, 0.3) is 0 Å². The quantitative estimate of drug-likeness (QED) is 0.487. The number of hydrogen-bond acceptors (Lipinski definition) is 4. The number of ether oxygens (including phenoxy) is 1. The van der Waals surface area contributed by atoms with E-state index in [4.69, 9.17) is 15.6 Å². The summed E-state index contributed by atoms with van der Waals surface area (Å²) in [4.78, 5) is 0. The van der Waals surface area contributed by atoms with Gasteiger partial charge in [0, 0.05) is 19.8 Å². The van der Waals surface area contributed by atoms with Gasteiger partial charge in [-0.3, -0.25) is 0 Å². The van der Waals surface area contributed by atoms with E-state index < -0.39 is 5.60 Å². The molecule has 4 nitrogen and oxygen atoms in total. The monoisotopic (exact) mass is 377 g/mol. The number of hydrogen-bond donors (Lipinski definition) is 3. The van der Waals surface area contributed by atoms with E-state index >= 15 is 0 Å². The molecule has 0 unspecified atom stereocenters. The van der Waals surface area contributed by atoms with E-state index in [1.807, 2.05) is 13.8 Å². The zero-order valence-electron chi connectivity index (χ0n) is 17.3. The van der Waals surface area contributed by atoms with Crippen LogP contribution in [0.4, 0.5) is 0 Å². The summed E-state index contributed by atoms with van der Waals surface area (Å²) in [6.07, 6.45) is 8.03. The molecule has 2 atom stereocenters. The first kappa shape index (κ1) is 22.4. The third-order valence-corrected chi connectivity index (χ3v) is 5.71. The third-order valence-electron chi connectivity index (χ3n) is 5.71. The Bertz CT molecular complexity index is 553. The molecule has 1 aromatic rings. The van der Waals surface area contributed by atoms with Crippen LogP contribution in [0.15, 0.2) is 18.2 Å². The van der Waals surface area contributed by atoms with Gasteiger partial charge in [0.15, 0.2) is 0 Å². The zero-order valence-corrected chi connectivity index (χ0v) is 17.3. The predicted molar refractivity (Wildman–Crippen MR) is 111 cm³/mol. The lowest BCUT2D eigenvalue weighted by Gasteiger charge is -2.26. The van der Waals surface area contributed by atoms with Crippen molar-refractivity contribution in [2.45, 2.75) is 76.7 Å². The second-order valence-electron chi connectivity index (χ2n) is 8.78. The average Bonchev–Trinajstić information content (AvgIpc) is 2.64. The van der Waals surface area contributed by atoms with Crippen molar-refractivity contribution < 1.29 is 14.9 Å². The lowest BCUT2D eigenvalue weighted by molar-refractivity contribution is 0.0444. The first-order chi connectivity index (χ1) is 12.9. The molecule has 0 saturated heterocycles. The number of aliphatic hydroxyl groups excluding tert-OH is 1. The average molecular weight is 378 g/mol. The summed E-state index contributed by atoms with van der Waals surface area (Å²) in [6, 6.07) is 6.91. The van der Waals surface area contributed by atoms with E-state index in [0.717, 1.165) is 58.2 Å². The van der Waals surface area contributed by atoms with Crippen LogP contribution in [0.2, 0.25) is 0 Å². The smallest absolute Gasteiger partial charge is 0.0592 e. The summed E-state index contributed by atoms with van der Waals surface area (Å²) in [6.45, 7) is 6.19. The molecule has 4 heteroatoms. The van der Waals surface area contributed by atoms with Crippen LogP contribution in [0, 0.1) is 5.92 Å². The van der Waals surface area contributed by atoms with Gasteiger partial charge in [0.1, 0.15) is 0 Å². The molecular weight excluding hydrogens is 338 g/mol. The fraction of sp³-hybridized carbons (Fsp3) is 0.739. The lowest BCUT2D eigenvalue weighted by Crippen LogP contribution is -2.22. The maximum atomic E-state index is 9.74. The Morgan fingerprint density at radius 2 is 2.04 bits per heavy atom. The highest BCUT2D eigenvalue weighted by Gasteiger charge is 2.20. The second kappa shape index (κ2) is 11.2. The van der Waals surface area contributed by atoms with Gasteiger partial charge in [0.2, 0.25) is 0 Å². The summed E-state index contributed by atoms with van der Waals surface area (Å²) >= 11 is 0. The van der Waals surface area contributed by atoms with Crippen LogP contribution >= 0.6 is 0 Å². The molecule has 0 bridgehead atoms. The van der Waals surface area contributed by atoms with Crippen LogP contribution in [0.3, 0.4) is 0 Å². The van der Waals surface area contributed by atoms with Gasteiger partial charge in [-0.25, -0.2) is 0 Å². The highest BCUT2D eigenvalue weighted by molar-refractivity contribution is 5.36. The second-order valence-corrected chi connectivity index (χ2v) is 8.78. The summed E-state index contributed by atoms with van der Waals surface area (Å²) in [5.74, 6) is 0.999. The van der Waals surface area contributed by atoms with Crippen molar-refractivity contribution in [2.24, 2.45) is 11.7 Å². The fourth-order valence-corrected chi connectivity index (χ4v) is 4.03. The number of rotatable bonds is 12. The molecule has 0 aromatic heterocycles. The summed E-state index contributed by atoms with van der Waals surface area (Å²) in [7, 11) is 0. The maximum Gasteiger partial charge on any atom is 0.0592 e. The minimum atomic E-state index is -0.593. The van der Waals surface area contributed by atoms with Gasteiger partial charge < -0.3 is 20.7 Å². The standard InChI is InChI=1S/C23H39NO3/c1-23(2,26)11-5-13-27-17-18-7-8-20-15-21(10-9-19(20)14-18)22(16-24)6-3-4-12-25/h9-10,15,18,22,25-26H,3-8,11-14,16-17,24H2,1-2H3/t18-,22+/m1/s1. The van der Waals surface area contributed by atoms with E-state index in [1.165, 1.54) is 23.1 Å². The first-order valence-electron chi connectivity index (χ1n) is 10.7. The molecule has 0 amide bonds. The van der Waals surface area contributed by atoms with Crippen molar-refractivity contribution >= 4 is 0 Å². The Balaban J connectivity index is 1.80. The molecule has 4 N–H and O–H groups in total. The summed E-state index contributed by atoms with van der Waals surface area (Å²) in [5, 5.41) is 18.7. The van der Waals surface area contributed by atoms with Crippen LogP contribution in [-0.4, -0.2) is 42.2 Å². The van der Waals surface area contributed by atoms with Crippen LogP contribution < -0.4 is 5.73 Å². The fourth-order valence-electron chi connectivity index (χ4n) is 4.03. The molecule has 27 heavy (non-hydrogen) atoms. The molecule has 0 saturated carbocycles. The molecule has 0 spiro atoms. The molecular formula is C23H39NO3.